The lowest BCUT2D eigenvalue weighted by atomic mass is 10.0. The number of aliphatic hydroxyl groups excluding tert-OH is 1. The standard InChI is InChI=1S/C81H154O17P2/c1-7-9-11-13-15-17-18-19-22-30-35-41-47-53-59-65-80(85)97-76(69-91-78(83)63-57-51-45-37-16-14-12-10-8-2)71-95-99(87,88)93-67-75(82)68-94-100(89,90)96-72-77(98-81(86)66-60-54-48-42-36-31-26-21-24-28-33-39-44-50-56-62-74(5)6)70-92-79(84)64-58-52-46-40-34-29-25-20-23-27-32-38-43-49-55-61-73(3)4/h17-19,22,73-77,82H,7-16,20-21,23-72H2,1-6H3,(H,87,88)(H,89,90)/b18-17-,22-19-/t75-,76+,77+/m0/s1. The summed E-state index contributed by atoms with van der Waals surface area (Å²) < 4.78 is 68.6. The van der Waals surface area contributed by atoms with E-state index in [0.29, 0.717) is 25.7 Å². The van der Waals surface area contributed by atoms with Crippen LogP contribution in [-0.2, 0) is 65.4 Å². The van der Waals surface area contributed by atoms with Crippen LogP contribution in [0, 0.1) is 11.8 Å². The second-order valence-electron chi connectivity index (χ2n) is 29.4. The molecule has 100 heavy (non-hydrogen) atoms. The van der Waals surface area contributed by atoms with Crippen LogP contribution in [-0.4, -0.2) is 96.7 Å². The minimum Gasteiger partial charge on any atom is -0.462 e. The van der Waals surface area contributed by atoms with Crippen LogP contribution in [0.25, 0.3) is 0 Å². The fraction of sp³-hybridized carbons (Fsp3) is 0.901. The number of rotatable bonds is 78. The summed E-state index contributed by atoms with van der Waals surface area (Å²) in [6.45, 7) is 9.60. The second kappa shape index (κ2) is 72.1. The molecule has 0 aromatic rings. The Morgan fingerprint density at radius 2 is 0.540 bits per heavy atom. The van der Waals surface area contributed by atoms with Crippen LogP contribution in [0.4, 0.5) is 0 Å². The van der Waals surface area contributed by atoms with Crippen LogP contribution in [0.3, 0.4) is 0 Å². The van der Waals surface area contributed by atoms with Gasteiger partial charge in [-0.2, -0.15) is 0 Å². The van der Waals surface area contributed by atoms with E-state index in [4.69, 9.17) is 37.0 Å². The first-order chi connectivity index (χ1) is 48.4. The van der Waals surface area contributed by atoms with Gasteiger partial charge in [0.1, 0.15) is 19.3 Å². The number of ether oxygens (including phenoxy) is 4. The van der Waals surface area contributed by atoms with Gasteiger partial charge in [0.05, 0.1) is 26.4 Å². The maximum Gasteiger partial charge on any atom is 0.472 e. The van der Waals surface area contributed by atoms with E-state index in [9.17, 15) is 43.2 Å². The molecule has 0 aliphatic heterocycles. The number of allylic oxidation sites excluding steroid dienone is 4. The Hall–Kier alpha value is -2.46. The van der Waals surface area contributed by atoms with Crippen molar-refractivity contribution in [2.75, 3.05) is 39.6 Å². The maximum absolute atomic E-state index is 13.1. The Kier molecular flexibility index (Phi) is 70.3. The van der Waals surface area contributed by atoms with E-state index in [1.54, 1.807) is 0 Å². The highest BCUT2D eigenvalue weighted by Gasteiger charge is 2.30. The molecule has 3 N–H and O–H groups in total. The van der Waals surface area contributed by atoms with Crippen molar-refractivity contribution >= 4 is 39.5 Å². The van der Waals surface area contributed by atoms with E-state index in [-0.39, 0.29) is 25.7 Å². The molecule has 0 aromatic carbocycles. The molecule has 0 aromatic heterocycles. The highest BCUT2D eigenvalue weighted by molar-refractivity contribution is 7.47. The fourth-order valence-electron chi connectivity index (χ4n) is 12.0. The summed E-state index contributed by atoms with van der Waals surface area (Å²) in [7, 11) is -9.93. The number of aliphatic hydroxyl groups is 1. The first-order valence-corrected chi connectivity index (χ1v) is 44.3. The smallest absolute Gasteiger partial charge is 0.462 e. The van der Waals surface area contributed by atoms with Crippen molar-refractivity contribution in [2.45, 2.75) is 419 Å². The Bertz CT molecular complexity index is 2020. The lowest BCUT2D eigenvalue weighted by Gasteiger charge is -2.21. The predicted molar refractivity (Wildman–Crippen MR) is 409 cm³/mol. The molecule has 0 saturated carbocycles. The van der Waals surface area contributed by atoms with Crippen LogP contribution in [0.2, 0.25) is 0 Å². The monoisotopic (exact) mass is 1460 g/mol. The molecule has 0 rings (SSSR count). The van der Waals surface area contributed by atoms with Crippen LogP contribution in [0.1, 0.15) is 401 Å². The van der Waals surface area contributed by atoms with Crippen LogP contribution in [0.15, 0.2) is 24.3 Å². The van der Waals surface area contributed by atoms with Crippen molar-refractivity contribution in [3.8, 4) is 0 Å². The average Bonchev–Trinajstić information content (AvgIpc) is 0.939. The summed E-state index contributed by atoms with van der Waals surface area (Å²) >= 11 is 0. The molecule has 2 unspecified atom stereocenters. The molecule has 0 aliphatic carbocycles. The number of unbranched alkanes of at least 4 members (excludes halogenated alkanes) is 45. The minimum atomic E-state index is -4.97. The summed E-state index contributed by atoms with van der Waals surface area (Å²) in [6, 6.07) is 0. The van der Waals surface area contributed by atoms with Gasteiger partial charge < -0.3 is 33.8 Å². The molecule has 5 atom stereocenters. The van der Waals surface area contributed by atoms with Gasteiger partial charge in [-0.05, 0) is 63.2 Å². The topological polar surface area (TPSA) is 237 Å². The SMILES string of the molecule is CCCCCC/C=C\C=C/CCCCCCCC(=O)O[C@H](COC(=O)CCCCCCCCCCC)COP(=O)(O)OC[C@H](O)COP(=O)(O)OC[C@@H](COC(=O)CCCCCCCCCCCCCCCCCC(C)C)OC(=O)CCCCCCCCCCCCCCCCCC(C)C. The lowest BCUT2D eigenvalue weighted by Crippen LogP contribution is -2.30. The zero-order valence-electron chi connectivity index (χ0n) is 65.0. The third kappa shape index (κ3) is 73.8. The normalized spacial score (nSPS) is 14.1. The molecule has 19 heteroatoms. The van der Waals surface area contributed by atoms with Gasteiger partial charge in [-0.3, -0.25) is 37.3 Å². The number of carbonyl (C=O) groups is 4. The molecular formula is C81H154O17P2. The van der Waals surface area contributed by atoms with Crippen LogP contribution < -0.4 is 0 Å². The van der Waals surface area contributed by atoms with Crippen molar-refractivity contribution in [3.63, 3.8) is 0 Å². The van der Waals surface area contributed by atoms with Crippen molar-refractivity contribution in [1.29, 1.82) is 0 Å². The van der Waals surface area contributed by atoms with Gasteiger partial charge in [-0.1, -0.05) is 348 Å². The Morgan fingerprint density at radius 3 is 0.820 bits per heavy atom. The van der Waals surface area contributed by atoms with Crippen molar-refractivity contribution in [2.24, 2.45) is 11.8 Å². The summed E-state index contributed by atoms with van der Waals surface area (Å²) in [6.07, 6.45) is 64.6. The summed E-state index contributed by atoms with van der Waals surface area (Å²) in [4.78, 5) is 72.9. The molecule has 0 fully saturated rings. The number of esters is 4. The zero-order chi connectivity index (χ0) is 73.5. The Labute approximate surface area is 612 Å². The molecule has 0 aliphatic rings. The number of carbonyl (C=O) groups excluding carboxylic acids is 4. The molecule has 590 valence electrons. The van der Waals surface area contributed by atoms with Gasteiger partial charge in [0.2, 0.25) is 0 Å². The number of phosphoric ester groups is 2. The van der Waals surface area contributed by atoms with E-state index in [2.05, 4.69) is 65.8 Å². The van der Waals surface area contributed by atoms with E-state index in [0.717, 1.165) is 115 Å². The summed E-state index contributed by atoms with van der Waals surface area (Å²) in [5.74, 6) is -0.534. The quantitative estimate of drug-likeness (QED) is 0.0169. The predicted octanol–water partition coefficient (Wildman–Crippen LogP) is 23.8. The van der Waals surface area contributed by atoms with E-state index < -0.39 is 97.5 Å². The number of hydrogen-bond donors (Lipinski definition) is 3. The van der Waals surface area contributed by atoms with Crippen molar-refractivity contribution in [3.05, 3.63) is 24.3 Å². The minimum absolute atomic E-state index is 0.0851. The lowest BCUT2D eigenvalue weighted by molar-refractivity contribution is -0.161. The first kappa shape index (κ1) is 97.5. The molecule has 0 heterocycles. The van der Waals surface area contributed by atoms with Crippen LogP contribution in [0.5, 0.6) is 0 Å². The third-order valence-corrected chi connectivity index (χ3v) is 20.2. The fourth-order valence-corrected chi connectivity index (χ4v) is 13.6. The summed E-state index contributed by atoms with van der Waals surface area (Å²) in [5.41, 5.74) is 0. The van der Waals surface area contributed by atoms with Gasteiger partial charge in [0.25, 0.3) is 0 Å². The summed E-state index contributed by atoms with van der Waals surface area (Å²) in [5, 5.41) is 10.6. The van der Waals surface area contributed by atoms with Gasteiger partial charge in [0.15, 0.2) is 12.2 Å². The number of hydrogen-bond acceptors (Lipinski definition) is 15. The van der Waals surface area contributed by atoms with Crippen molar-refractivity contribution < 1.29 is 80.2 Å². The van der Waals surface area contributed by atoms with E-state index >= 15 is 0 Å². The van der Waals surface area contributed by atoms with E-state index in [1.807, 2.05) is 0 Å². The average molecular weight is 1460 g/mol. The Balaban J connectivity index is 5.26. The third-order valence-electron chi connectivity index (χ3n) is 18.3. The highest BCUT2D eigenvalue weighted by atomic mass is 31.2. The molecule has 0 spiro atoms. The molecule has 17 nitrogen and oxygen atoms in total. The molecule has 0 bridgehead atoms. The Morgan fingerprint density at radius 1 is 0.310 bits per heavy atom. The zero-order valence-corrected chi connectivity index (χ0v) is 66.8. The molecular weight excluding hydrogens is 1310 g/mol. The second-order valence-corrected chi connectivity index (χ2v) is 32.3. The first-order valence-electron chi connectivity index (χ1n) is 41.3. The van der Waals surface area contributed by atoms with Gasteiger partial charge in [-0.25, -0.2) is 9.13 Å². The number of phosphoric acid groups is 2. The van der Waals surface area contributed by atoms with Crippen LogP contribution >= 0.6 is 15.6 Å². The van der Waals surface area contributed by atoms with Gasteiger partial charge in [-0.15, -0.1) is 0 Å². The molecule has 0 saturated heterocycles. The van der Waals surface area contributed by atoms with Gasteiger partial charge >= 0.3 is 39.5 Å². The maximum atomic E-state index is 13.1. The van der Waals surface area contributed by atoms with Crippen molar-refractivity contribution in [1.82, 2.24) is 0 Å². The van der Waals surface area contributed by atoms with E-state index in [1.165, 1.54) is 205 Å². The molecule has 0 radical (unpaired) electrons. The molecule has 0 amide bonds. The largest absolute Gasteiger partial charge is 0.472 e. The van der Waals surface area contributed by atoms with Gasteiger partial charge in [0, 0.05) is 25.7 Å². The highest BCUT2D eigenvalue weighted by Crippen LogP contribution is 2.45.